The van der Waals surface area contributed by atoms with E-state index in [4.69, 9.17) is 4.74 Å². The lowest BCUT2D eigenvalue weighted by Crippen LogP contribution is -2.59. The van der Waals surface area contributed by atoms with E-state index in [9.17, 15) is 19.5 Å². The molecule has 1 N–H and O–H groups in total. The topological polar surface area (TPSA) is 90.4 Å². The van der Waals surface area contributed by atoms with Gasteiger partial charge in [0.15, 0.2) is 0 Å². The molecule has 6 atom stereocenters. The maximum atomic E-state index is 14.6. The van der Waals surface area contributed by atoms with Gasteiger partial charge in [0.2, 0.25) is 17.7 Å². The van der Waals surface area contributed by atoms with Crippen molar-refractivity contribution in [2.45, 2.75) is 88.7 Å². The number of nitrogens with zero attached hydrogens (tertiary/aromatic N) is 3. The Morgan fingerprint density at radius 3 is 2.44 bits per heavy atom. The zero-order valence-electron chi connectivity index (χ0n) is 24.2. The van der Waals surface area contributed by atoms with Crippen molar-refractivity contribution in [3.8, 4) is 0 Å². The molecule has 1 unspecified atom stereocenters. The summed E-state index contributed by atoms with van der Waals surface area (Å²) in [6.07, 6.45) is 13.0. The fourth-order valence-electron chi connectivity index (χ4n) is 8.03. The fraction of sp³-hybridized carbons (Fsp3) is 0.606. The smallest absolute Gasteiger partial charge is 0.249 e. The highest BCUT2D eigenvalue weighted by Crippen LogP contribution is 2.54. The van der Waals surface area contributed by atoms with Gasteiger partial charge in [-0.25, -0.2) is 0 Å². The predicted molar refractivity (Wildman–Crippen MR) is 154 cm³/mol. The number of amides is 3. The van der Waals surface area contributed by atoms with Crippen molar-refractivity contribution in [1.29, 1.82) is 0 Å². The van der Waals surface area contributed by atoms with Crippen LogP contribution in [0.5, 0.6) is 0 Å². The van der Waals surface area contributed by atoms with Crippen LogP contribution in [-0.4, -0.2) is 87.1 Å². The fourth-order valence-corrected chi connectivity index (χ4v) is 8.03. The van der Waals surface area contributed by atoms with Crippen LogP contribution in [0.4, 0.5) is 0 Å². The molecular weight excluding hydrogens is 518 g/mol. The first kappa shape index (κ1) is 28.2. The monoisotopic (exact) mass is 561 g/mol. The Bertz CT molecular complexity index is 1210. The first-order valence-electron chi connectivity index (χ1n) is 15.4. The lowest BCUT2D eigenvalue weighted by molar-refractivity contribution is -0.153. The summed E-state index contributed by atoms with van der Waals surface area (Å²) in [7, 11) is 0. The van der Waals surface area contributed by atoms with Gasteiger partial charge >= 0.3 is 0 Å². The van der Waals surface area contributed by atoms with Crippen LogP contribution in [0.1, 0.15) is 57.9 Å². The quantitative estimate of drug-likeness (QED) is 0.516. The zero-order chi connectivity index (χ0) is 28.7. The molecule has 41 heavy (non-hydrogen) atoms. The van der Waals surface area contributed by atoms with Crippen LogP contribution in [0.3, 0.4) is 0 Å². The van der Waals surface area contributed by atoms with Crippen molar-refractivity contribution < 1.29 is 24.2 Å². The van der Waals surface area contributed by atoms with Crippen LogP contribution < -0.4 is 0 Å². The SMILES string of the molecule is CC(C)C[C@H](CO)N1C(=O)[C@@H]2[C@H]3C(=O)N(Cc4ccccc4)CC=C[C@H]3O[C@@]23C=CCN(C2CCCCC2)C(=O)C13. The molecule has 1 aliphatic carbocycles. The highest BCUT2D eigenvalue weighted by Gasteiger charge is 2.72. The van der Waals surface area contributed by atoms with Gasteiger partial charge in [0.1, 0.15) is 11.6 Å². The molecule has 3 fully saturated rings. The molecule has 0 bridgehead atoms. The lowest BCUT2D eigenvalue weighted by Gasteiger charge is -2.41. The molecule has 0 radical (unpaired) electrons. The average Bonchev–Trinajstić information content (AvgIpc) is 3.30. The molecule has 8 nitrogen and oxygen atoms in total. The summed E-state index contributed by atoms with van der Waals surface area (Å²) in [5, 5.41) is 10.5. The molecule has 2 saturated heterocycles. The number of benzene rings is 1. The Balaban J connectivity index is 1.40. The minimum Gasteiger partial charge on any atom is -0.394 e. The zero-order valence-corrected chi connectivity index (χ0v) is 24.2. The molecular formula is C33H43N3O5. The van der Waals surface area contributed by atoms with Crippen molar-refractivity contribution >= 4 is 17.7 Å². The summed E-state index contributed by atoms with van der Waals surface area (Å²) in [4.78, 5) is 48.8. The van der Waals surface area contributed by atoms with Gasteiger partial charge in [-0.1, -0.05) is 87.7 Å². The minimum atomic E-state index is -1.26. The first-order valence-corrected chi connectivity index (χ1v) is 15.4. The summed E-state index contributed by atoms with van der Waals surface area (Å²) in [5.41, 5.74) is -0.240. The first-order chi connectivity index (χ1) is 19.9. The van der Waals surface area contributed by atoms with E-state index < -0.39 is 35.6 Å². The minimum absolute atomic E-state index is 0.117. The molecule has 3 amide bonds. The largest absolute Gasteiger partial charge is 0.394 e. The average molecular weight is 562 g/mol. The van der Waals surface area contributed by atoms with E-state index in [1.165, 1.54) is 6.42 Å². The third-order valence-electron chi connectivity index (χ3n) is 9.79. The van der Waals surface area contributed by atoms with Gasteiger partial charge in [-0.2, -0.15) is 0 Å². The lowest BCUT2D eigenvalue weighted by atomic mass is 9.77. The van der Waals surface area contributed by atoms with Gasteiger partial charge in [0.05, 0.1) is 30.6 Å². The number of hydrogen-bond donors (Lipinski definition) is 1. The standard InChI is InChI=1S/C33H43N3O5/c1-22(2)19-25(21-37)36-29-32(40)35(24-13-7-4-8-14-24)18-10-16-33(29)28(31(36)39)27-26(41-33)15-9-17-34(30(27)38)20-23-11-5-3-6-12-23/h3,5-6,9-12,15-16,22,24-29,37H,4,7-8,13-14,17-21H2,1-2H3/t25-,26-,27+,28+,29?,33+/m1/s1. The molecule has 1 spiro atoms. The number of likely N-dealkylation sites (tertiary alicyclic amines) is 1. The number of carbonyl (C=O) groups excluding carboxylic acids is 3. The van der Waals surface area contributed by atoms with Crippen LogP contribution in [0.15, 0.2) is 54.6 Å². The highest BCUT2D eigenvalue weighted by molar-refractivity contribution is 6.00. The molecule has 220 valence electrons. The Morgan fingerprint density at radius 1 is 0.976 bits per heavy atom. The number of rotatable bonds is 7. The third kappa shape index (κ3) is 4.83. The van der Waals surface area contributed by atoms with Crippen molar-refractivity contribution in [3.05, 3.63) is 60.2 Å². The van der Waals surface area contributed by atoms with Gasteiger partial charge in [0.25, 0.3) is 0 Å². The Hall–Kier alpha value is -2.97. The van der Waals surface area contributed by atoms with Crippen LogP contribution in [0.2, 0.25) is 0 Å². The Morgan fingerprint density at radius 2 is 1.73 bits per heavy atom. The molecule has 8 heteroatoms. The number of aliphatic hydroxyl groups excluding tert-OH is 1. The summed E-state index contributed by atoms with van der Waals surface area (Å²) in [5.74, 6) is -1.87. The number of fused-ring (bicyclic) bond motifs is 2. The molecule has 0 aromatic heterocycles. The number of carbonyl (C=O) groups is 3. The van der Waals surface area contributed by atoms with E-state index in [1.54, 1.807) is 9.80 Å². The second kappa shape index (κ2) is 11.4. The van der Waals surface area contributed by atoms with E-state index in [-0.39, 0.29) is 36.3 Å². The molecule has 6 rings (SSSR count). The Labute approximate surface area is 243 Å². The van der Waals surface area contributed by atoms with Gasteiger partial charge in [-0.05, 0) is 30.7 Å². The van der Waals surface area contributed by atoms with E-state index >= 15 is 0 Å². The molecule has 5 aliphatic rings. The third-order valence-corrected chi connectivity index (χ3v) is 9.79. The summed E-state index contributed by atoms with van der Waals surface area (Å²) in [6, 6.07) is 8.53. The van der Waals surface area contributed by atoms with Gasteiger partial charge in [0, 0.05) is 25.7 Å². The summed E-state index contributed by atoms with van der Waals surface area (Å²) in [6.45, 7) is 5.19. The van der Waals surface area contributed by atoms with Gasteiger partial charge < -0.3 is 24.5 Å². The van der Waals surface area contributed by atoms with Crippen LogP contribution >= 0.6 is 0 Å². The maximum Gasteiger partial charge on any atom is 0.249 e. The molecule has 4 heterocycles. The van der Waals surface area contributed by atoms with Crippen molar-refractivity contribution in [1.82, 2.24) is 14.7 Å². The molecule has 1 aromatic rings. The number of aliphatic hydroxyl groups is 1. The van der Waals surface area contributed by atoms with Crippen molar-refractivity contribution in [3.63, 3.8) is 0 Å². The van der Waals surface area contributed by atoms with Crippen LogP contribution in [0, 0.1) is 17.8 Å². The predicted octanol–water partition coefficient (Wildman–Crippen LogP) is 3.30. The second-order valence-electron chi connectivity index (χ2n) is 12.9. The number of hydrogen-bond acceptors (Lipinski definition) is 5. The van der Waals surface area contributed by atoms with Crippen molar-refractivity contribution in [2.24, 2.45) is 17.8 Å². The van der Waals surface area contributed by atoms with Crippen LogP contribution in [0.25, 0.3) is 0 Å². The van der Waals surface area contributed by atoms with E-state index in [0.29, 0.717) is 26.1 Å². The van der Waals surface area contributed by atoms with E-state index in [2.05, 4.69) is 13.8 Å². The number of ether oxygens (including phenoxy) is 1. The molecule has 1 aromatic carbocycles. The maximum absolute atomic E-state index is 14.6. The van der Waals surface area contributed by atoms with Crippen molar-refractivity contribution in [2.75, 3.05) is 19.7 Å². The Kier molecular flexibility index (Phi) is 7.81. The van der Waals surface area contributed by atoms with Gasteiger partial charge in [-0.3, -0.25) is 14.4 Å². The van der Waals surface area contributed by atoms with E-state index in [1.807, 2.05) is 59.5 Å². The van der Waals surface area contributed by atoms with Gasteiger partial charge in [-0.15, -0.1) is 0 Å². The summed E-state index contributed by atoms with van der Waals surface area (Å²) < 4.78 is 6.80. The molecule has 4 aliphatic heterocycles. The van der Waals surface area contributed by atoms with E-state index in [0.717, 1.165) is 31.2 Å². The molecule has 1 saturated carbocycles. The normalized spacial score (nSPS) is 32.7. The highest BCUT2D eigenvalue weighted by atomic mass is 16.5. The second-order valence-corrected chi connectivity index (χ2v) is 12.9. The summed E-state index contributed by atoms with van der Waals surface area (Å²) >= 11 is 0. The van der Waals surface area contributed by atoms with Crippen LogP contribution in [-0.2, 0) is 25.7 Å².